The van der Waals surface area contributed by atoms with Gasteiger partial charge in [-0.3, -0.25) is 25.0 Å². The third-order valence-corrected chi connectivity index (χ3v) is 4.92. The van der Waals surface area contributed by atoms with Gasteiger partial charge in [0.1, 0.15) is 0 Å². The number of rotatable bonds is 7. The van der Waals surface area contributed by atoms with E-state index in [0.29, 0.717) is 18.5 Å². The van der Waals surface area contributed by atoms with Crippen molar-refractivity contribution >= 4 is 33.9 Å². The second-order valence-corrected chi connectivity index (χ2v) is 6.62. The van der Waals surface area contributed by atoms with Gasteiger partial charge in [0.2, 0.25) is 0 Å². The molecule has 9 heteroatoms. The number of benzene rings is 2. The van der Waals surface area contributed by atoms with E-state index in [2.05, 4.69) is 4.98 Å². The molecule has 1 amide bonds. The molecule has 3 rings (SSSR count). The topological polar surface area (TPSA) is 122 Å². The highest BCUT2D eigenvalue weighted by atomic mass is 16.6. The maximum Gasteiger partial charge on any atom is 0.277 e. The van der Waals surface area contributed by atoms with Crippen molar-refractivity contribution in [3.05, 3.63) is 74.5 Å². The Morgan fingerprint density at radius 3 is 2.17 bits per heavy atom. The first-order valence-electron chi connectivity index (χ1n) is 9.20. The van der Waals surface area contributed by atoms with Crippen LogP contribution in [0.4, 0.5) is 17.1 Å². The van der Waals surface area contributed by atoms with Crippen LogP contribution in [0.3, 0.4) is 0 Å². The van der Waals surface area contributed by atoms with Crippen LogP contribution in [-0.2, 0) is 0 Å². The molecule has 9 nitrogen and oxygen atoms in total. The Balaban J connectivity index is 2.18. The van der Waals surface area contributed by atoms with Gasteiger partial charge < -0.3 is 9.88 Å². The summed E-state index contributed by atoms with van der Waals surface area (Å²) in [5, 5.41) is 23.3. The van der Waals surface area contributed by atoms with Gasteiger partial charge in [0.15, 0.2) is 0 Å². The molecule has 0 aliphatic heterocycles. The van der Waals surface area contributed by atoms with Crippen LogP contribution in [0.25, 0.3) is 10.9 Å². The summed E-state index contributed by atoms with van der Waals surface area (Å²) < 4.78 is 0. The monoisotopic (exact) mass is 396 g/mol. The Labute approximate surface area is 166 Å². The van der Waals surface area contributed by atoms with Crippen molar-refractivity contribution in [1.29, 1.82) is 0 Å². The number of aromatic nitrogens is 1. The number of nitrogens with one attached hydrogen (secondary N) is 1. The van der Waals surface area contributed by atoms with Gasteiger partial charge in [-0.05, 0) is 18.9 Å². The molecule has 1 N–H and O–H groups in total. The van der Waals surface area contributed by atoms with Gasteiger partial charge in [0, 0.05) is 35.3 Å². The van der Waals surface area contributed by atoms with E-state index in [4.69, 9.17) is 0 Å². The van der Waals surface area contributed by atoms with E-state index in [0.717, 1.165) is 29.1 Å². The number of nitro benzene ring substituents is 2. The molecule has 0 atom stereocenters. The number of para-hydroxylation sites is 1. The van der Waals surface area contributed by atoms with Crippen LogP contribution >= 0.6 is 0 Å². The molecule has 0 saturated carbocycles. The minimum absolute atomic E-state index is 0.0944. The zero-order valence-electron chi connectivity index (χ0n) is 16.0. The van der Waals surface area contributed by atoms with E-state index in [1.165, 1.54) is 0 Å². The van der Waals surface area contributed by atoms with Gasteiger partial charge in [-0.15, -0.1) is 0 Å². The lowest BCUT2D eigenvalue weighted by atomic mass is 10.1. The molecule has 0 bridgehead atoms. The number of aromatic amines is 1. The highest BCUT2D eigenvalue weighted by molar-refractivity contribution is 6.11. The first kappa shape index (κ1) is 20.0. The fourth-order valence-corrected chi connectivity index (χ4v) is 3.45. The fourth-order valence-electron chi connectivity index (χ4n) is 3.45. The minimum atomic E-state index is -0.739. The fraction of sp³-hybridized carbons (Fsp3) is 0.250. The SMILES string of the molecule is CCC(CC)N(C(=O)c1cc([N+](=O)[O-])cc([N+](=O)[O-])c1)c1c[nH]c2ccccc12. The van der Waals surface area contributed by atoms with Crippen molar-refractivity contribution < 1.29 is 14.6 Å². The van der Waals surface area contributed by atoms with Crippen molar-refractivity contribution in [1.82, 2.24) is 4.98 Å². The summed E-state index contributed by atoms with van der Waals surface area (Å²) in [4.78, 5) is 39.1. The van der Waals surface area contributed by atoms with Crippen LogP contribution in [-0.4, -0.2) is 26.8 Å². The van der Waals surface area contributed by atoms with Crippen LogP contribution in [0.2, 0.25) is 0 Å². The predicted molar refractivity (Wildman–Crippen MR) is 109 cm³/mol. The summed E-state index contributed by atoms with van der Waals surface area (Å²) >= 11 is 0. The molecule has 150 valence electrons. The number of carbonyl (C=O) groups is 1. The molecule has 0 aliphatic rings. The van der Waals surface area contributed by atoms with Gasteiger partial charge >= 0.3 is 0 Å². The van der Waals surface area contributed by atoms with Gasteiger partial charge in [-0.2, -0.15) is 0 Å². The number of fused-ring (bicyclic) bond motifs is 1. The van der Waals surface area contributed by atoms with Crippen molar-refractivity contribution in [3.63, 3.8) is 0 Å². The maximum atomic E-state index is 13.5. The molecule has 1 heterocycles. The number of amides is 1. The summed E-state index contributed by atoms with van der Waals surface area (Å²) in [6.07, 6.45) is 3.02. The molecule has 0 fully saturated rings. The molecule has 0 radical (unpaired) electrons. The van der Waals surface area contributed by atoms with Crippen molar-refractivity contribution in [2.75, 3.05) is 4.90 Å². The summed E-state index contributed by atoms with van der Waals surface area (Å²) in [5.41, 5.74) is 0.393. The third-order valence-electron chi connectivity index (χ3n) is 4.92. The first-order chi connectivity index (χ1) is 13.9. The average molecular weight is 396 g/mol. The molecule has 0 saturated heterocycles. The van der Waals surface area contributed by atoms with Gasteiger partial charge in [0.05, 0.1) is 27.2 Å². The summed E-state index contributed by atoms with van der Waals surface area (Å²) in [6, 6.07) is 10.3. The molecular formula is C20H20N4O5. The van der Waals surface area contributed by atoms with E-state index in [1.807, 2.05) is 38.1 Å². The maximum absolute atomic E-state index is 13.5. The van der Waals surface area contributed by atoms with Gasteiger partial charge in [-0.25, -0.2) is 0 Å². The smallest absolute Gasteiger partial charge is 0.277 e. The molecule has 0 aliphatic carbocycles. The van der Waals surface area contributed by atoms with E-state index < -0.39 is 27.1 Å². The van der Waals surface area contributed by atoms with Crippen molar-refractivity contribution in [2.24, 2.45) is 0 Å². The quantitative estimate of drug-likeness (QED) is 0.453. The zero-order chi connectivity index (χ0) is 21.1. The van der Waals surface area contributed by atoms with Gasteiger partial charge in [-0.1, -0.05) is 32.0 Å². The lowest BCUT2D eigenvalue weighted by molar-refractivity contribution is -0.394. The Morgan fingerprint density at radius 2 is 1.62 bits per heavy atom. The normalized spacial score (nSPS) is 11.0. The molecule has 0 spiro atoms. The van der Waals surface area contributed by atoms with Crippen LogP contribution < -0.4 is 4.90 Å². The third kappa shape index (κ3) is 3.79. The number of nitrogens with zero attached hydrogens (tertiary/aromatic N) is 3. The van der Waals surface area contributed by atoms with E-state index in [9.17, 15) is 25.0 Å². The molecule has 2 aromatic carbocycles. The largest absolute Gasteiger partial charge is 0.359 e. The molecule has 1 aromatic heterocycles. The lowest BCUT2D eigenvalue weighted by Gasteiger charge is -2.30. The summed E-state index contributed by atoms with van der Waals surface area (Å²) in [5.74, 6) is -0.518. The number of anilines is 1. The van der Waals surface area contributed by atoms with Crippen LogP contribution in [0.1, 0.15) is 37.0 Å². The number of H-pyrrole nitrogens is 1. The Morgan fingerprint density at radius 1 is 1.03 bits per heavy atom. The molecular weight excluding hydrogens is 376 g/mol. The number of carbonyl (C=O) groups excluding carboxylic acids is 1. The predicted octanol–water partition coefficient (Wildman–Crippen LogP) is 4.82. The summed E-state index contributed by atoms with van der Waals surface area (Å²) in [7, 11) is 0. The number of hydrogen-bond donors (Lipinski definition) is 1. The van der Waals surface area contributed by atoms with E-state index >= 15 is 0 Å². The molecule has 0 unspecified atom stereocenters. The number of hydrogen-bond acceptors (Lipinski definition) is 5. The molecule has 29 heavy (non-hydrogen) atoms. The average Bonchev–Trinajstić information content (AvgIpc) is 3.14. The van der Waals surface area contributed by atoms with Crippen LogP contribution in [0, 0.1) is 20.2 Å². The highest BCUT2D eigenvalue weighted by Gasteiger charge is 2.29. The standard InChI is InChI=1S/C20H20N4O5/c1-3-14(4-2)22(19-12-21-18-8-6-5-7-17(18)19)20(25)13-9-15(23(26)27)11-16(10-13)24(28)29/h5-12,14,21H,3-4H2,1-2H3. The Bertz CT molecular complexity index is 1060. The van der Waals surface area contributed by atoms with Gasteiger partial charge in [0.25, 0.3) is 17.3 Å². The second kappa shape index (κ2) is 8.09. The minimum Gasteiger partial charge on any atom is -0.359 e. The Kier molecular flexibility index (Phi) is 5.58. The highest BCUT2D eigenvalue weighted by Crippen LogP contribution is 2.32. The van der Waals surface area contributed by atoms with Crippen LogP contribution in [0.5, 0.6) is 0 Å². The van der Waals surface area contributed by atoms with Crippen LogP contribution in [0.15, 0.2) is 48.7 Å². The summed E-state index contributed by atoms with van der Waals surface area (Å²) in [6.45, 7) is 3.89. The van der Waals surface area contributed by atoms with Crippen molar-refractivity contribution in [2.45, 2.75) is 32.7 Å². The zero-order valence-corrected chi connectivity index (χ0v) is 16.0. The Hall–Kier alpha value is -3.75. The van der Waals surface area contributed by atoms with E-state index in [-0.39, 0.29) is 11.6 Å². The van der Waals surface area contributed by atoms with Crippen molar-refractivity contribution in [3.8, 4) is 0 Å². The van der Waals surface area contributed by atoms with E-state index in [1.54, 1.807) is 11.1 Å². The number of nitro groups is 2. The lowest BCUT2D eigenvalue weighted by Crippen LogP contribution is -2.40. The second-order valence-electron chi connectivity index (χ2n) is 6.62. The molecule has 3 aromatic rings. The first-order valence-corrected chi connectivity index (χ1v) is 9.20. The number of non-ortho nitro benzene ring substituents is 2.